The average Bonchev–Trinajstić information content (AvgIpc) is 3.35. The highest BCUT2D eigenvalue weighted by Crippen LogP contribution is 2.27. The van der Waals surface area contributed by atoms with Crippen LogP contribution in [0, 0.1) is 0 Å². The lowest BCUT2D eigenvalue weighted by molar-refractivity contribution is -0.116. The highest BCUT2D eigenvalue weighted by molar-refractivity contribution is 7.91. The molecule has 1 amide bonds. The summed E-state index contributed by atoms with van der Waals surface area (Å²) in [5.41, 5.74) is 3.14. The van der Waals surface area contributed by atoms with Crippen LogP contribution >= 0.6 is 22.9 Å². The number of hydrogen-bond donors (Lipinski definition) is 1. The molecule has 0 bridgehead atoms. The topological polar surface area (TPSA) is 83.8 Å². The van der Waals surface area contributed by atoms with Gasteiger partial charge in [0.2, 0.25) is 5.91 Å². The number of hydrogen-bond acceptors (Lipinski definition) is 5. The van der Waals surface area contributed by atoms with Crippen molar-refractivity contribution in [2.24, 2.45) is 0 Å². The van der Waals surface area contributed by atoms with E-state index in [0.717, 1.165) is 32.5 Å². The molecule has 0 radical (unpaired) electrons. The smallest absolute Gasteiger partial charge is 0.252 e. The number of anilines is 1. The van der Waals surface area contributed by atoms with Crippen molar-refractivity contribution in [3.05, 3.63) is 71.3 Å². The number of carbonyl (C=O) groups is 1. The summed E-state index contributed by atoms with van der Waals surface area (Å²) in [6, 6.07) is 15.9. The molecule has 0 saturated heterocycles. The fourth-order valence-electron chi connectivity index (χ4n) is 2.88. The first-order chi connectivity index (χ1) is 14.3. The van der Waals surface area contributed by atoms with E-state index in [1.807, 2.05) is 47.1 Å². The molecule has 0 saturated carbocycles. The van der Waals surface area contributed by atoms with Gasteiger partial charge in [-0.1, -0.05) is 29.8 Å². The minimum absolute atomic E-state index is 0.0969. The summed E-state index contributed by atoms with van der Waals surface area (Å²) in [6.07, 6.45) is 3.86. The first kappa shape index (κ1) is 20.5. The molecule has 0 unspecified atom stereocenters. The maximum Gasteiger partial charge on any atom is 0.252 e. The van der Waals surface area contributed by atoms with E-state index in [1.54, 1.807) is 12.1 Å². The van der Waals surface area contributed by atoms with E-state index in [0.29, 0.717) is 10.0 Å². The second-order valence-corrected chi connectivity index (χ2v) is 10.5. The Morgan fingerprint density at radius 1 is 1.17 bits per heavy atom. The monoisotopic (exact) mass is 460 g/mol. The molecular weight excluding hydrogens is 444 g/mol. The van der Waals surface area contributed by atoms with Gasteiger partial charge >= 0.3 is 0 Å². The molecule has 0 spiro atoms. The van der Waals surface area contributed by atoms with E-state index >= 15 is 0 Å². The molecule has 0 aliphatic rings. The Labute approximate surface area is 182 Å². The van der Waals surface area contributed by atoms with Gasteiger partial charge in [-0.15, -0.1) is 11.3 Å². The summed E-state index contributed by atoms with van der Waals surface area (Å²) < 4.78 is 28.4. The Hall–Kier alpha value is -2.72. The van der Waals surface area contributed by atoms with Crippen LogP contribution in [-0.2, 0) is 14.8 Å². The number of fused-ring (bicyclic) bond motifs is 1. The molecule has 3 heterocycles. The number of nitrogens with one attached hydrogen (secondary N) is 1. The third kappa shape index (κ3) is 4.24. The third-order valence-corrected chi connectivity index (χ3v) is 7.91. The molecule has 1 N–H and O–H groups in total. The van der Waals surface area contributed by atoms with Crippen molar-refractivity contribution in [1.29, 1.82) is 0 Å². The summed E-state index contributed by atoms with van der Waals surface area (Å²) in [5, 5.41) is 2.71. The third-order valence-electron chi connectivity index (χ3n) is 4.41. The molecule has 4 rings (SSSR count). The molecule has 7 nitrogen and oxygen atoms in total. The fraction of sp³-hybridized carbons (Fsp3) is 0.100. The minimum atomic E-state index is -3.77. The lowest BCUT2D eigenvalue weighted by Crippen LogP contribution is -2.34. The average molecular weight is 461 g/mol. The highest BCUT2D eigenvalue weighted by Gasteiger charge is 2.24. The van der Waals surface area contributed by atoms with Gasteiger partial charge < -0.3 is 9.72 Å². The Bertz CT molecular complexity index is 1280. The molecule has 0 aliphatic carbocycles. The van der Waals surface area contributed by atoms with Crippen molar-refractivity contribution in [2.45, 2.75) is 4.21 Å². The molecule has 4 aromatic rings. The zero-order chi connectivity index (χ0) is 21.3. The maximum absolute atomic E-state index is 12.5. The summed E-state index contributed by atoms with van der Waals surface area (Å²) in [6.45, 7) is -0.313. The zero-order valence-corrected chi connectivity index (χ0v) is 18.2. The first-order valence-electron chi connectivity index (χ1n) is 8.89. The molecule has 3 aromatic heterocycles. The Morgan fingerprint density at radius 3 is 2.60 bits per heavy atom. The van der Waals surface area contributed by atoms with Gasteiger partial charge in [0.15, 0.2) is 0 Å². The van der Waals surface area contributed by atoms with E-state index in [1.165, 1.54) is 19.2 Å². The molecule has 0 atom stereocenters. The van der Waals surface area contributed by atoms with Crippen LogP contribution in [0.5, 0.6) is 0 Å². The highest BCUT2D eigenvalue weighted by atomic mass is 35.5. The normalized spacial score (nSPS) is 11.8. The Balaban J connectivity index is 1.42. The summed E-state index contributed by atoms with van der Waals surface area (Å²) in [4.78, 5) is 16.9. The number of halogens is 1. The number of imidazole rings is 1. The largest absolute Gasteiger partial charge is 0.325 e. The molecule has 30 heavy (non-hydrogen) atoms. The number of aromatic nitrogens is 2. The molecule has 0 aliphatic heterocycles. The quantitative estimate of drug-likeness (QED) is 0.471. The second kappa shape index (κ2) is 8.19. The van der Waals surface area contributed by atoms with Crippen molar-refractivity contribution < 1.29 is 13.2 Å². The van der Waals surface area contributed by atoms with Crippen LogP contribution in [0.25, 0.3) is 16.9 Å². The van der Waals surface area contributed by atoms with Crippen LogP contribution in [0.2, 0.25) is 4.34 Å². The van der Waals surface area contributed by atoms with Crippen LogP contribution < -0.4 is 5.32 Å². The lowest BCUT2D eigenvalue weighted by Gasteiger charge is -2.15. The number of sulfonamides is 1. The van der Waals surface area contributed by atoms with Crippen molar-refractivity contribution in [3.63, 3.8) is 0 Å². The SMILES string of the molecule is CN(CC(=O)Nc1ccc(-c2cn3ccccc3n2)cc1)S(=O)(=O)c1ccc(Cl)s1. The number of pyridine rings is 1. The summed E-state index contributed by atoms with van der Waals surface area (Å²) >= 11 is 6.77. The van der Waals surface area contributed by atoms with E-state index in [-0.39, 0.29) is 10.8 Å². The number of carbonyl (C=O) groups excluding carboxylic acids is 1. The van der Waals surface area contributed by atoms with Crippen LogP contribution in [-0.4, -0.2) is 41.6 Å². The van der Waals surface area contributed by atoms with Crippen molar-refractivity contribution in [2.75, 3.05) is 18.9 Å². The molecule has 0 fully saturated rings. The predicted octanol–water partition coefficient (Wildman–Crippen LogP) is 3.98. The number of nitrogens with zero attached hydrogens (tertiary/aromatic N) is 3. The van der Waals surface area contributed by atoms with Crippen LogP contribution in [0.3, 0.4) is 0 Å². The molecular formula is C20H17ClN4O3S2. The van der Waals surface area contributed by atoms with Gasteiger partial charge in [-0.3, -0.25) is 4.79 Å². The zero-order valence-electron chi connectivity index (χ0n) is 15.8. The van der Waals surface area contributed by atoms with Gasteiger partial charge in [-0.05, 0) is 36.4 Å². The van der Waals surface area contributed by atoms with Crippen LogP contribution in [0.1, 0.15) is 0 Å². The number of amides is 1. The number of benzene rings is 1. The van der Waals surface area contributed by atoms with Gasteiger partial charge in [0.05, 0.1) is 16.6 Å². The van der Waals surface area contributed by atoms with Gasteiger partial charge in [-0.25, -0.2) is 13.4 Å². The van der Waals surface area contributed by atoms with E-state index < -0.39 is 15.9 Å². The first-order valence-corrected chi connectivity index (χ1v) is 11.5. The molecule has 1 aromatic carbocycles. The molecule has 154 valence electrons. The summed E-state index contributed by atoms with van der Waals surface area (Å²) in [5.74, 6) is -0.441. The fourth-order valence-corrected chi connectivity index (χ4v) is 5.70. The van der Waals surface area contributed by atoms with E-state index in [4.69, 9.17) is 11.6 Å². The van der Waals surface area contributed by atoms with Crippen LogP contribution in [0.15, 0.2) is 71.2 Å². The number of likely N-dealkylation sites (N-methyl/N-ethyl adjacent to an activating group) is 1. The maximum atomic E-state index is 12.5. The van der Waals surface area contributed by atoms with Gasteiger partial charge in [0.1, 0.15) is 9.86 Å². The van der Waals surface area contributed by atoms with E-state index in [2.05, 4.69) is 10.3 Å². The Kier molecular flexibility index (Phi) is 5.61. The second-order valence-electron chi connectivity index (χ2n) is 6.54. The predicted molar refractivity (Wildman–Crippen MR) is 118 cm³/mol. The van der Waals surface area contributed by atoms with Crippen molar-refractivity contribution in [1.82, 2.24) is 13.7 Å². The van der Waals surface area contributed by atoms with E-state index in [9.17, 15) is 13.2 Å². The molecule has 10 heteroatoms. The standard InChI is InChI=1S/C20H17ClN4O3S2/c1-24(30(27,28)20-10-9-17(21)29-20)13-19(26)22-15-7-5-14(6-8-15)16-12-25-11-3-2-4-18(25)23-16/h2-12H,13H2,1H3,(H,22,26). The Morgan fingerprint density at radius 2 is 1.93 bits per heavy atom. The van der Waals surface area contributed by atoms with Crippen molar-refractivity contribution in [3.8, 4) is 11.3 Å². The van der Waals surface area contributed by atoms with Crippen LogP contribution in [0.4, 0.5) is 5.69 Å². The van der Waals surface area contributed by atoms with Gasteiger partial charge in [-0.2, -0.15) is 4.31 Å². The minimum Gasteiger partial charge on any atom is -0.325 e. The lowest BCUT2D eigenvalue weighted by atomic mass is 10.1. The number of thiophene rings is 1. The van der Waals surface area contributed by atoms with Gasteiger partial charge in [0, 0.05) is 30.7 Å². The summed E-state index contributed by atoms with van der Waals surface area (Å²) in [7, 11) is -2.41. The van der Waals surface area contributed by atoms with Gasteiger partial charge in [0.25, 0.3) is 10.0 Å². The number of rotatable bonds is 6. The van der Waals surface area contributed by atoms with Crippen molar-refractivity contribution >= 4 is 50.2 Å².